The van der Waals surface area contributed by atoms with Gasteiger partial charge in [0.1, 0.15) is 0 Å². The smallest absolute Gasteiger partial charge is 0.247 e. The molecule has 1 N–H and O–H groups in total. The molecule has 0 amide bonds. The summed E-state index contributed by atoms with van der Waals surface area (Å²) in [6, 6.07) is 16.1. The molecule has 0 radical (unpaired) electrons. The maximum absolute atomic E-state index is 6.10. The first-order valence-electron chi connectivity index (χ1n) is 7.98. The van der Waals surface area contributed by atoms with Gasteiger partial charge in [0.2, 0.25) is 11.0 Å². The molecule has 0 saturated heterocycles. The lowest BCUT2D eigenvalue weighted by Gasteiger charge is -2.15. The zero-order valence-corrected chi connectivity index (χ0v) is 16.3. The molecule has 130 valence electrons. The highest BCUT2D eigenvalue weighted by molar-refractivity contribution is 9.10. The van der Waals surface area contributed by atoms with Gasteiger partial charge in [-0.05, 0) is 36.1 Å². The third kappa shape index (κ3) is 3.59. The van der Waals surface area contributed by atoms with E-state index < -0.39 is 0 Å². The Bertz CT molecular complexity index is 965. The van der Waals surface area contributed by atoms with E-state index in [1.165, 1.54) is 11.8 Å². The highest BCUT2D eigenvalue weighted by Gasteiger charge is 2.24. The number of fused-ring (bicyclic) bond motifs is 3. The number of rotatable bonds is 3. The van der Waals surface area contributed by atoms with Crippen molar-refractivity contribution < 1.29 is 4.74 Å². The van der Waals surface area contributed by atoms with Crippen molar-refractivity contribution in [1.82, 2.24) is 15.2 Å². The second-order valence-corrected chi connectivity index (χ2v) is 7.28. The van der Waals surface area contributed by atoms with Gasteiger partial charge in [0, 0.05) is 15.7 Å². The van der Waals surface area contributed by atoms with Gasteiger partial charge in [-0.1, -0.05) is 64.1 Å². The zero-order chi connectivity index (χ0) is 17.9. The monoisotopic (exact) mass is 426 g/mol. The van der Waals surface area contributed by atoms with E-state index in [0.717, 1.165) is 21.3 Å². The van der Waals surface area contributed by atoms with Gasteiger partial charge in [0.25, 0.3) is 0 Å². The van der Waals surface area contributed by atoms with Crippen molar-refractivity contribution in [3.8, 4) is 17.1 Å². The molecule has 1 aromatic heterocycles. The number of hydrogen-bond donors (Lipinski definition) is 1. The van der Waals surface area contributed by atoms with E-state index >= 15 is 0 Å². The van der Waals surface area contributed by atoms with Crippen LogP contribution in [0.25, 0.3) is 17.3 Å². The van der Waals surface area contributed by atoms with Gasteiger partial charge in [-0.2, -0.15) is 4.98 Å². The first-order valence-corrected chi connectivity index (χ1v) is 10.00. The number of hydrogen-bond acceptors (Lipinski definition) is 6. The Morgan fingerprint density at radius 1 is 1.15 bits per heavy atom. The Morgan fingerprint density at radius 3 is 2.81 bits per heavy atom. The largest absolute Gasteiger partial charge is 0.448 e. The first-order chi connectivity index (χ1) is 12.7. The van der Waals surface area contributed by atoms with Crippen molar-refractivity contribution in [2.24, 2.45) is 0 Å². The van der Waals surface area contributed by atoms with Crippen LogP contribution in [0.1, 0.15) is 5.56 Å². The summed E-state index contributed by atoms with van der Waals surface area (Å²) in [7, 11) is 0. The molecule has 0 unspecified atom stereocenters. The van der Waals surface area contributed by atoms with E-state index in [-0.39, 0.29) is 6.23 Å². The Morgan fingerprint density at radius 2 is 2.00 bits per heavy atom. The summed E-state index contributed by atoms with van der Waals surface area (Å²) in [5, 5.41) is 12.5. The van der Waals surface area contributed by atoms with E-state index in [1.54, 1.807) is 0 Å². The fraction of sp³-hybridized carbons (Fsp3) is 0.105. The van der Waals surface area contributed by atoms with Gasteiger partial charge in [-0.15, -0.1) is 10.2 Å². The summed E-state index contributed by atoms with van der Waals surface area (Å²) in [4.78, 5) is 4.50. The summed E-state index contributed by atoms with van der Waals surface area (Å²) in [6.07, 6.45) is 5.53. The van der Waals surface area contributed by atoms with E-state index in [2.05, 4.69) is 36.4 Å². The number of thioether (sulfide) groups is 1. The molecular formula is C19H15BrN4OS. The maximum atomic E-state index is 6.10. The third-order valence-corrected chi connectivity index (χ3v) is 4.89. The SMILES string of the molecule is CSc1nnc2c(n1)O[C@H](/C=C/c1ccccc1)Nc1ccc(Br)cc1-2. The van der Waals surface area contributed by atoms with Crippen LogP contribution in [-0.4, -0.2) is 27.7 Å². The Kier molecular flexibility index (Phi) is 4.90. The number of aromatic nitrogens is 3. The van der Waals surface area contributed by atoms with Crippen LogP contribution in [0.15, 0.2) is 64.2 Å². The Labute approximate surface area is 164 Å². The van der Waals surface area contributed by atoms with Crippen molar-refractivity contribution >= 4 is 39.5 Å². The minimum Gasteiger partial charge on any atom is -0.448 e. The topological polar surface area (TPSA) is 59.9 Å². The highest BCUT2D eigenvalue weighted by Crippen LogP contribution is 2.38. The normalized spacial score (nSPS) is 15.5. The van der Waals surface area contributed by atoms with Crippen LogP contribution in [0.5, 0.6) is 5.88 Å². The Hall–Kier alpha value is -2.38. The predicted molar refractivity (Wildman–Crippen MR) is 108 cm³/mol. The number of ether oxygens (including phenoxy) is 1. The van der Waals surface area contributed by atoms with Crippen LogP contribution < -0.4 is 10.1 Å². The minimum absolute atomic E-state index is 0.372. The van der Waals surface area contributed by atoms with E-state index in [1.807, 2.05) is 66.9 Å². The van der Waals surface area contributed by atoms with Crippen molar-refractivity contribution in [3.63, 3.8) is 0 Å². The lowest BCUT2D eigenvalue weighted by atomic mass is 10.1. The highest BCUT2D eigenvalue weighted by atomic mass is 79.9. The van der Waals surface area contributed by atoms with Crippen LogP contribution in [-0.2, 0) is 0 Å². The number of halogens is 1. The lowest BCUT2D eigenvalue weighted by Crippen LogP contribution is -2.23. The average molecular weight is 427 g/mol. The molecule has 0 bridgehead atoms. The second-order valence-electron chi connectivity index (χ2n) is 5.59. The van der Waals surface area contributed by atoms with Crippen LogP contribution >= 0.6 is 27.7 Å². The molecular weight excluding hydrogens is 412 g/mol. The van der Waals surface area contributed by atoms with Crippen molar-refractivity contribution in [2.45, 2.75) is 11.4 Å². The molecule has 26 heavy (non-hydrogen) atoms. The minimum atomic E-state index is -0.372. The fourth-order valence-corrected chi connectivity index (χ4v) is 3.28. The van der Waals surface area contributed by atoms with Crippen molar-refractivity contribution in [1.29, 1.82) is 0 Å². The Balaban J connectivity index is 1.75. The van der Waals surface area contributed by atoms with Crippen molar-refractivity contribution in [3.05, 3.63) is 64.6 Å². The average Bonchev–Trinajstić information content (AvgIpc) is 2.83. The zero-order valence-electron chi connectivity index (χ0n) is 13.9. The number of anilines is 1. The van der Waals surface area contributed by atoms with Gasteiger partial charge < -0.3 is 10.1 Å². The van der Waals surface area contributed by atoms with Gasteiger partial charge >= 0.3 is 0 Å². The molecule has 2 heterocycles. The summed E-state index contributed by atoms with van der Waals surface area (Å²) < 4.78 is 7.06. The van der Waals surface area contributed by atoms with Crippen LogP contribution in [0.2, 0.25) is 0 Å². The number of benzene rings is 2. The van der Waals surface area contributed by atoms with Crippen LogP contribution in [0, 0.1) is 0 Å². The molecule has 0 saturated carbocycles. The molecule has 4 rings (SSSR count). The first kappa shape index (κ1) is 17.1. The van der Waals surface area contributed by atoms with Crippen LogP contribution in [0.3, 0.4) is 0 Å². The summed E-state index contributed by atoms with van der Waals surface area (Å²) in [5.41, 5.74) is 3.55. The second kappa shape index (κ2) is 7.47. The van der Waals surface area contributed by atoms with Crippen LogP contribution in [0.4, 0.5) is 5.69 Å². The van der Waals surface area contributed by atoms with E-state index in [4.69, 9.17) is 4.74 Å². The number of nitrogens with one attached hydrogen (secondary N) is 1. The standard InChI is InChI=1S/C19H15BrN4OS/c1-26-19-22-18-17(23-24-19)14-11-13(20)8-9-15(14)21-16(25-18)10-7-12-5-3-2-4-6-12/h2-11,16,21H,1H3/b10-7+/t16-/m1/s1. The predicted octanol–water partition coefficient (Wildman–Crippen LogP) is 4.87. The van der Waals surface area contributed by atoms with Gasteiger partial charge in [0.05, 0.1) is 0 Å². The summed E-state index contributed by atoms with van der Waals surface area (Å²) >= 11 is 4.95. The molecule has 3 aromatic rings. The molecule has 0 fully saturated rings. The molecule has 1 aliphatic rings. The summed E-state index contributed by atoms with van der Waals surface area (Å²) in [5.74, 6) is 0.469. The lowest BCUT2D eigenvalue weighted by molar-refractivity contribution is 0.266. The van der Waals surface area contributed by atoms with E-state index in [0.29, 0.717) is 16.7 Å². The van der Waals surface area contributed by atoms with Gasteiger partial charge in [-0.25, -0.2) is 0 Å². The molecule has 2 aromatic carbocycles. The van der Waals surface area contributed by atoms with E-state index in [9.17, 15) is 0 Å². The molecule has 5 nitrogen and oxygen atoms in total. The summed E-state index contributed by atoms with van der Waals surface area (Å²) in [6.45, 7) is 0. The molecule has 0 spiro atoms. The van der Waals surface area contributed by atoms with Crippen molar-refractivity contribution in [2.75, 3.05) is 11.6 Å². The fourth-order valence-electron chi connectivity index (χ4n) is 2.63. The molecule has 1 aliphatic heterocycles. The molecule has 1 atom stereocenters. The number of nitrogens with zero attached hydrogens (tertiary/aromatic N) is 3. The van der Waals surface area contributed by atoms with Gasteiger partial charge in [0.15, 0.2) is 11.9 Å². The van der Waals surface area contributed by atoms with Gasteiger partial charge in [-0.3, -0.25) is 0 Å². The molecule has 7 heteroatoms. The quantitative estimate of drug-likeness (QED) is 0.602. The maximum Gasteiger partial charge on any atom is 0.247 e. The molecule has 0 aliphatic carbocycles. The third-order valence-electron chi connectivity index (χ3n) is 3.85.